The van der Waals surface area contributed by atoms with Crippen molar-refractivity contribution in [2.24, 2.45) is 0 Å². The van der Waals surface area contributed by atoms with Gasteiger partial charge in [-0.05, 0) is 41.0 Å². The Morgan fingerprint density at radius 2 is 1.79 bits per heavy atom. The SMILES string of the molecule is CC[C@@]1(c2ccccc2)NC(=O)N(NC(=O)CN2CCc3sccc3[C@H]2c2ccccc2)C1=O. The first-order chi connectivity index (χ1) is 16.5. The highest BCUT2D eigenvalue weighted by molar-refractivity contribution is 7.10. The first-order valence-corrected chi connectivity index (χ1v) is 12.3. The molecule has 2 N–H and O–H groups in total. The van der Waals surface area contributed by atoms with Gasteiger partial charge in [0.2, 0.25) is 0 Å². The van der Waals surface area contributed by atoms with Gasteiger partial charge in [-0.1, -0.05) is 67.6 Å². The van der Waals surface area contributed by atoms with Gasteiger partial charge < -0.3 is 5.32 Å². The quantitative estimate of drug-likeness (QED) is 0.535. The second-order valence-corrected chi connectivity index (χ2v) is 9.56. The minimum atomic E-state index is -1.19. The van der Waals surface area contributed by atoms with Crippen LogP contribution in [0.1, 0.15) is 41.0 Å². The Bertz CT molecular complexity index is 1210. The van der Waals surface area contributed by atoms with Gasteiger partial charge in [-0.3, -0.25) is 19.9 Å². The summed E-state index contributed by atoms with van der Waals surface area (Å²) < 4.78 is 0. The Hall–Kier alpha value is -3.49. The first-order valence-electron chi connectivity index (χ1n) is 11.4. The van der Waals surface area contributed by atoms with E-state index in [2.05, 4.69) is 39.2 Å². The number of hydrogen-bond donors (Lipinski definition) is 2. The Labute approximate surface area is 202 Å². The van der Waals surface area contributed by atoms with Crippen molar-refractivity contribution in [2.75, 3.05) is 13.1 Å². The molecule has 0 aliphatic carbocycles. The van der Waals surface area contributed by atoms with Crippen LogP contribution in [0.4, 0.5) is 4.79 Å². The van der Waals surface area contributed by atoms with Crippen molar-refractivity contribution < 1.29 is 14.4 Å². The minimum absolute atomic E-state index is 0.0518. The van der Waals surface area contributed by atoms with Crippen LogP contribution in [0.5, 0.6) is 0 Å². The first kappa shape index (κ1) is 22.3. The lowest BCUT2D eigenvalue weighted by Crippen LogP contribution is -2.52. The molecule has 3 heterocycles. The van der Waals surface area contributed by atoms with Crippen LogP contribution < -0.4 is 10.7 Å². The van der Waals surface area contributed by atoms with Crippen LogP contribution in [-0.2, 0) is 21.5 Å². The molecular weight excluding hydrogens is 448 g/mol. The number of thiophene rings is 1. The number of carbonyl (C=O) groups is 3. The van der Waals surface area contributed by atoms with Crippen LogP contribution in [0.15, 0.2) is 72.1 Å². The van der Waals surface area contributed by atoms with Crippen molar-refractivity contribution in [1.29, 1.82) is 0 Å². The average molecular weight is 475 g/mol. The van der Waals surface area contributed by atoms with Gasteiger partial charge in [-0.15, -0.1) is 11.3 Å². The van der Waals surface area contributed by atoms with E-state index in [0.717, 1.165) is 17.0 Å². The van der Waals surface area contributed by atoms with Crippen LogP contribution in [0.25, 0.3) is 0 Å². The van der Waals surface area contributed by atoms with Gasteiger partial charge in [0.05, 0.1) is 12.6 Å². The van der Waals surface area contributed by atoms with Crippen molar-refractivity contribution in [2.45, 2.75) is 31.3 Å². The van der Waals surface area contributed by atoms with E-state index in [1.807, 2.05) is 55.5 Å². The van der Waals surface area contributed by atoms with Crippen molar-refractivity contribution >= 4 is 29.2 Å². The summed E-state index contributed by atoms with van der Waals surface area (Å²) in [5.74, 6) is -0.874. The number of hydrogen-bond acceptors (Lipinski definition) is 5. The fourth-order valence-electron chi connectivity index (χ4n) is 4.95. The van der Waals surface area contributed by atoms with E-state index in [0.29, 0.717) is 18.5 Å². The molecule has 1 aromatic heterocycles. The highest BCUT2D eigenvalue weighted by Gasteiger charge is 2.52. The summed E-state index contributed by atoms with van der Waals surface area (Å²) in [6.45, 7) is 2.62. The Morgan fingerprint density at radius 1 is 1.09 bits per heavy atom. The van der Waals surface area contributed by atoms with Gasteiger partial charge in [-0.25, -0.2) is 4.79 Å². The number of imide groups is 1. The molecule has 0 saturated carbocycles. The second kappa shape index (κ2) is 9.04. The van der Waals surface area contributed by atoms with Gasteiger partial charge >= 0.3 is 6.03 Å². The molecule has 7 nitrogen and oxygen atoms in total. The molecular formula is C26H26N4O3S. The summed E-state index contributed by atoms with van der Waals surface area (Å²) in [7, 11) is 0. The molecule has 2 aliphatic rings. The van der Waals surface area contributed by atoms with E-state index in [-0.39, 0.29) is 12.6 Å². The molecule has 0 radical (unpaired) electrons. The predicted octanol–water partition coefficient (Wildman–Crippen LogP) is 3.58. The molecule has 0 spiro atoms. The van der Waals surface area contributed by atoms with E-state index in [1.165, 1.54) is 10.4 Å². The molecule has 2 aliphatic heterocycles. The average Bonchev–Trinajstić information content (AvgIpc) is 3.43. The summed E-state index contributed by atoms with van der Waals surface area (Å²) in [6.07, 6.45) is 1.23. The zero-order valence-corrected chi connectivity index (χ0v) is 19.7. The van der Waals surface area contributed by atoms with Crippen molar-refractivity contribution in [3.8, 4) is 0 Å². The molecule has 2 atom stereocenters. The smallest absolute Gasteiger partial charge is 0.318 e. The van der Waals surface area contributed by atoms with E-state index in [9.17, 15) is 14.4 Å². The summed E-state index contributed by atoms with van der Waals surface area (Å²) in [6, 6.07) is 20.7. The topological polar surface area (TPSA) is 81.8 Å². The lowest BCUT2D eigenvalue weighted by Gasteiger charge is -2.36. The van der Waals surface area contributed by atoms with E-state index >= 15 is 0 Å². The number of hydrazine groups is 1. The number of urea groups is 1. The van der Waals surface area contributed by atoms with Gasteiger partial charge in [0, 0.05) is 11.4 Å². The van der Waals surface area contributed by atoms with Gasteiger partial charge in [-0.2, -0.15) is 5.01 Å². The van der Waals surface area contributed by atoms with Crippen LogP contribution >= 0.6 is 11.3 Å². The molecule has 4 amide bonds. The summed E-state index contributed by atoms with van der Waals surface area (Å²) in [4.78, 5) is 42.6. The third-order valence-electron chi connectivity index (χ3n) is 6.65. The monoisotopic (exact) mass is 474 g/mol. The molecule has 1 fully saturated rings. The van der Waals surface area contributed by atoms with Crippen LogP contribution in [0.3, 0.4) is 0 Å². The van der Waals surface area contributed by atoms with Crippen molar-refractivity contribution in [1.82, 2.24) is 20.7 Å². The number of benzene rings is 2. The number of nitrogens with one attached hydrogen (secondary N) is 2. The van der Waals surface area contributed by atoms with E-state index < -0.39 is 23.4 Å². The molecule has 2 aromatic carbocycles. The summed E-state index contributed by atoms with van der Waals surface area (Å²) in [5.41, 5.74) is 4.39. The zero-order valence-electron chi connectivity index (χ0n) is 18.9. The fraction of sp³-hybridized carbons (Fsp3) is 0.269. The van der Waals surface area contributed by atoms with Crippen LogP contribution in [0, 0.1) is 0 Å². The maximum atomic E-state index is 13.3. The molecule has 34 heavy (non-hydrogen) atoms. The van der Waals surface area contributed by atoms with E-state index in [1.54, 1.807) is 11.3 Å². The Morgan fingerprint density at radius 3 is 2.50 bits per heavy atom. The number of nitrogens with zero attached hydrogens (tertiary/aromatic N) is 2. The minimum Gasteiger partial charge on any atom is -0.318 e. The lowest BCUT2D eigenvalue weighted by atomic mass is 9.87. The summed E-state index contributed by atoms with van der Waals surface area (Å²) >= 11 is 1.74. The second-order valence-electron chi connectivity index (χ2n) is 8.56. The highest BCUT2D eigenvalue weighted by Crippen LogP contribution is 2.37. The van der Waals surface area contributed by atoms with Gasteiger partial charge in [0.1, 0.15) is 5.54 Å². The standard InChI is InChI=1S/C26H26N4O3S/c1-2-26(19-11-7-4-8-12-19)24(32)30(25(33)27-26)28-22(31)17-29-15-13-21-20(14-16-34-21)23(29)18-9-5-3-6-10-18/h3-12,14,16,23H,2,13,15,17H2,1H3,(H,27,33)(H,28,31)/t23-,26+/m1/s1. The molecule has 5 rings (SSSR count). The van der Waals surface area contributed by atoms with Crippen LogP contribution in [-0.4, -0.2) is 40.8 Å². The number of amides is 4. The summed E-state index contributed by atoms with van der Waals surface area (Å²) in [5, 5.41) is 5.72. The highest BCUT2D eigenvalue weighted by atomic mass is 32.1. The molecule has 8 heteroatoms. The number of rotatable bonds is 6. The molecule has 174 valence electrons. The van der Waals surface area contributed by atoms with Crippen LogP contribution in [0.2, 0.25) is 0 Å². The maximum Gasteiger partial charge on any atom is 0.344 e. The normalized spacial score (nSPS) is 22.4. The molecule has 0 bridgehead atoms. The lowest BCUT2D eigenvalue weighted by molar-refractivity contribution is -0.140. The van der Waals surface area contributed by atoms with Gasteiger partial charge in [0.15, 0.2) is 0 Å². The maximum absolute atomic E-state index is 13.3. The third kappa shape index (κ3) is 3.78. The molecule has 0 unspecified atom stereocenters. The van der Waals surface area contributed by atoms with Crippen molar-refractivity contribution in [3.05, 3.63) is 93.7 Å². The van der Waals surface area contributed by atoms with Gasteiger partial charge in [0.25, 0.3) is 11.8 Å². The number of fused-ring (bicyclic) bond motifs is 1. The van der Waals surface area contributed by atoms with Crippen molar-refractivity contribution in [3.63, 3.8) is 0 Å². The Kier molecular flexibility index (Phi) is 5.93. The third-order valence-corrected chi connectivity index (χ3v) is 7.65. The predicted molar refractivity (Wildman–Crippen MR) is 130 cm³/mol. The fourth-order valence-corrected chi connectivity index (χ4v) is 5.85. The Balaban J connectivity index is 1.35. The van der Waals surface area contributed by atoms with E-state index in [4.69, 9.17) is 0 Å². The zero-order chi connectivity index (χ0) is 23.7. The molecule has 3 aromatic rings. The number of carbonyl (C=O) groups excluding carboxylic acids is 3. The largest absolute Gasteiger partial charge is 0.344 e. The molecule has 1 saturated heterocycles.